The number of ether oxygens (including phenoxy) is 1. The zero-order valence-electron chi connectivity index (χ0n) is 10.5. The lowest BCUT2D eigenvalue weighted by molar-refractivity contribution is 0.1000. The van der Waals surface area contributed by atoms with Crippen LogP contribution in [0.4, 0.5) is 0 Å². The second-order valence-corrected chi connectivity index (χ2v) is 3.94. The van der Waals surface area contributed by atoms with Crippen LogP contribution in [0.15, 0.2) is 18.2 Å². The molecule has 94 valence electrons. The normalized spacial score (nSPS) is 10.2. The summed E-state index contributed by atoms with van der Waals surface area (Å²) in [7, 11) is 0. The first-order valence-electron chi connectivity index (χ1n) is 5.89. The summed E-state index contributed by atoms with van der Waals surface area (Å²) >= 11 is 0. The van der Waals surface area contributed by atoms with E-state index in [1.165, 1.54) is 0 Å². The molecule has 0 aromatic heterocycles. The van der Waals surface area contributed by atoms with Crippen molar-refractivity contribution in [3.8, 4) is 5.75 Å². The summed E-state index contributed by atoms with van der Waals surface area (Å²) in [4.78, 5) is 11.0. The molecule has 17 heavy (non-hydrogen) atoms. The standard InChI is InChI=1S/C13H20N2O2/c1-3-6-15-7-8-17-12-5-4-11(13(14)16)9-10(12)2/h4-5,9,15H,3,6-8H2,1-2H3,(H2,14,16). The van der Waals surface area contributed by atoms with Crippen LogP contribution < -0.4 is 15.8 Å². The van der Waals surface area contributed by atoms with E-state index in [1.807, 2.05) is 6.92 Å². The number of benzene rings is 1. The van der Waals surface area contributed by atoms with E-state index in [0.29, 0.717) is 12.2 Å². The van der Waals surface area contributed by atoms with Gasteiger partial charge in [0.1, 0.15) is 12.4 Å². The lowest BCUT2D eigenvalue weighted by atomic mass is 10.1. The summed E-state index contributed by atoms with van der Waals surface area (Å²) in [6.45, 7) is 6.48. The van der Waals surface area contributed by atoms with Crippen LogP contribution in [0.5, 0.6) is 5.75 Å². The van der Waals surface area contributed by atoms with Crippen LogP contribution in [0.1, 0.15) is 29.3 Å². The summed E-state index contributed by atoms with van der Waals surface area (Å²) in [5, 5.41) is 3.26. The highest BCUT2D eigenvalue weighted by molar-refractivity contribution is 5.93. The predicted octanol–water partition coefficient (Wildman–Crippen LogP) is 1.47. The van der Waals surface area contributed by atoms with Gasteiger partial charge >= 0.3 is 0 Å². The third kappa shape index (κ3) is 4.44. The Balaban J connectivity index is 2.46. The first-order valence-corrected chi connectivity index (χ1v) is 5.89. The Morgan fingerprint density at radius 3 is 2.76 bits per heavy atom. The maximum absolute atomic E-state index is 11.0. The molecule has 1 amide bonds. The molecule has 0 radical (unpaired) electrons. The minimum atomic E-state index is -0.413. The fourth-order valence-corrected chi connectivity index (χ4v) is 1.50. The van der Waals surface area contributed by atoms with Crippen LogP contribution >= 0.6 is 0 Å². The summed E-state index contributed by atoms with van der Waals surface area (Å²) in [6.07, 6.45) is 1.12. The van der Waals surface area contributed by atoms with Crippen molar-refractivity contribution >= 4 is 5.91 Å². The molecule has 4 heteroatoms. The molecule has 0 heterocycles. The third-order valence-electron chi connectivity index (χ3n) is 2.42. The number of nitrogens with two attached hydrogens (primary N) is 1. The van der Waals surface area contributed by atoms with Gasteiger partial charge in [-0.15, -0.1) is 0 Å². The van der Waals surface area contributed by atoms with E-state index in [1.54, 1.807) is 18.2 Å². The number of amides is 1. The molecule has 4 nitrogen and oxygen atoms in total. The molecule has 1 aromatic rings. The molecular formula is C13H20N2O2. The fraction of sp³-hybridized carbons (Fsp3) is 0.462. The molecular weight excluding hydrogens is 216 g/mol. The molecule has 0 saturated heterocycles. The Labute approximate surface area is 102 Å². The molecule has 0 bridgehead atoms. The maximum atomic E-state index is 11.0. The number of hydrogen-bond acceptors (Lipinski definition) is 3. The largest absolute Gasteiger partial charge is 0.492 e. The van der Waals surface area contributed by atoms with Crippen LogP contribution in [0.25, 0.3) is 0 Å². The SMILES string of the molecule is CCCNCCOc1ccc(C(N)=O)cc1C. The van der Waals surface area contributed by atoms with Crippen molar-refractivity contribution in [2.75, 3.05) is 19.7 Å². The van der Waals surface area contributed by atoms with Crippen LogP contribution in [-0.2, 0) is 0 Å². The van der Waals surface area contributed by atoms with Gasteiger partial charge < -0.3 is 15.8 Å². The minimum Gasteiger partial charge on any atom is -0.492 e. The van der Waals surface area contributed by atoms with E-state index >= 15 is 0 Å². The van der Waals surface area contributed by atoms with Gasteiger partial charge in [-0.05, 0) is 43.7 Å². The van der Waals surface area contributed by atoms with E-state index in [-0.39, 0.29) is 0 Å². The van der Waals surface area contributed by atoms with Crippen LogP contribution in [0, 0.1) is 6.92 Å². The van der Waals surface area contributed by atoms with Crippen LogP contribution in [-0.4, -0.2) is 25.6 Å². The van der Waals surface area contributed by atoms with Gasteiger partial charge in [0.05, 0.1) is 0 Å². The maximum Gasteiger partial charge on any atom is 0.248 e. The van der Waals surface area contributed by atoms with Crippen molar-refractivity contribution in [1.29, 1.82) is 0 Å². The number of carbonyl (C=O) groups is 1. The van der Waals surface area contributed by atoms with E-state index in [0.717, 1.165) is 30.8 Å². The highest BCUT2D eigenvalue weighted by Gasteiger charge is 2.04. The van der Waals surface area contributed by atoms with Gasteiger partial charge in [-0.25, -0.2) is 0 Å². The van der Waals surface area contributed by atoms with Crippen molar-refractivity contribution in [3.05, 3.63) is 29.3 Å². The molecule has 0 atom stereocenters. The zero-order valence-corrected chi connectivity index (χ0v) is 10.5. The topological polar surface area (TPSA) is 64.3 Å². The summed E-state index contributed by atoms with van der Waals surface area (Å²) in [5.74, 6) is 0.387. The van der Waals surface area contributed by atoms with Gasteiger partial charge in [-0.1, -0.05) is 6.92 Å². The van der Waals surface area contributed by atoms with Crippen molar-refractivity contribution in [3.63, 3.8) is 0 Å². The number of rotatable bonds is 7. The van der Waals surface area contributed by atoms with Crippen LogP contribution in [0.2, 0.25) is 0 Å². The van der Waals surface area contributed by atoms with Gasteiger partial charge in [0.2, 0.25) is 5.91 Å². The monoisotopic (exact) mass is 236 g/mol. The smallest absolute Gasteiger partial charge is 0.248 e. The lowest BCUT2D eigenvalue weighted by Crippen LogP contribution is -2.21. The molecule has 0 aliphatic carbocycles. The third-order valence-corrected chi connectivity index (χ3v) is 2.42. The highest BCUT2D eigenvalue weighted by Crippen LogP contribution is 2.18. The van der Waals surface area contributed by atoms with E-state index in [2.05, 4.69) is 12.2 Å². The lowest BCUT2D eigenvalue weighted by Gasteiger charge is -2.10. The first-order chi connectivity index (χ1) is 8.15. The van der Waals surface area contributed by atoms with Crippen molar-refractivity contribution in [2.24, 2.45) is 5.73 Å². The Bertz CT molecular complexity index is 378. The Kier molecular flexibility index (Phi) is 5.49. The van der Waals surface area contributed by atoms with Crippen molar-refractivity contribution in [1.82, 2.24) is 5.32 Å². The number of carbonyl (C=O) groups excluding carboxylic acids is 1. The fourth-order valence-electron chi connectivity index (χ4n) is 1.50. The van der Waals surface area contributed by atoms with E-state index < -0.39 is 5.91 Å². The number of primary amides is 1. The minimum absolute atomic E-state index is 0.413. The molecule has 0 aliphatic rings. The van der Waals surface area contributed by atoms with Gasteiger partial charge in [-0.2, -0.15) is 0 Å². The Hall–Kier alpha value is -1.55. The van der Waals surface area contributed by atoms with E-state index in [9.17, 15) is 4.79 Å². The average Bonchev–Trinajstić information content (AvgIpc) is 2.30. The predicted molar refractivity (Wildman–Crippen MR) is 68.4 cm³/mol. The summed E-state index contributed by atoms with van der Waals surface area (Å²) in [6, 6.07) is 5.22. The van der Waals surface area contributed by atoms with Gasteiger partial charge in [0.25, 0.3) is 0 Å². The average molecular weight is 236 g/mol. The molecule has 0 aliphatic heterocycles. The van der Waals surface area contributed by atoms with Crippen molar-refractivity contribution in [2.45, 2.75) is 20.3 Å². The first kappa shape index (κ1) is 13.5. The van der Waals surface area contributed by atoms with Gasteiger partial charge in [0, 0.05) is 12.1 Å². The highest BCUT2D eigenvalue weighted by atomic mass is 16.5. The molecule has 1 rings (SSSR count). The second kappa shape index (κ2) is 6.91. The number of hydrogen-bond donors (Lipinski definition) is 2. The molecule has 0 saturated carbocycles. The number of nitrogens with one attached hydrogen (secondary N) is 1. The van der Waals surface area contributed by atoms with Gasteiger partial charge in [-0.3, -0.25) is 4.79 Å². The quantitative estimate of drug-likeness (QED) is 0.705. The van der Waals surface area contributed by atoms with Crippen molar-refractivity contribution < 1.29 is 9.53 Å². The zero-order chi connectivity index (χ0) is 12.7. The number of aryl methyl sites for hydroxylation is 1. The molecule has 0 unspecified atom stereocenters. The summed E-state index contributed by atoms with van der Waals surface area (Å²) in [5.41, 5.74) is 6.64. The van der Waals surface area contributed by atoms with Gasteiger partial charge in [0.15, 0.2) is 0 Å². The molecule has 1 aromatic carbocycles. The molecule has 0 fully saturated rings. The van der Waals surface area contributed by atoms with E-state index in [4.69, 9.17) is 10.5 Å². The summed E-state index contributed by atoms with van der Waals surface area (Å²) < 4.78 is 5.60. The second-order valence-electron chi connectivity index (χ2n) is 3.94. The molecule has 0 spiro atoms. The Morgan fingerprint density at radius 1 is 1.41 bits per heavy atom. The molecule has 3 N–H and O–H groups in total. The van der Waals surface area contributed by atoms with Crippen LogP contribution in [0.3, 0.4) is 0 Å². The Morgan fingerprint density at radius 2 is 2.18 bits per heavy atom.